The fourth-order valence-electron chi connectivity index (χ4n) is 1.88. The number of benzene rings is 2. The number of hydrogen-bond donors (Lipinski definition) is 3. The number of rotatable bonds is 4. The fourth-order valence-corrected chi connectivity index (χ4v) is 2.75. The molecule has 0 saturated heterocycles. The Labute approximate surface area is 143 Å². The van der Waals surface area contributed by atoms with Gasteiger partial charge in [-0.05, 0) is 31.3 Å². The first-order valence-electron chi connectivity index (χ1n) is 6.99. The number of aromatic nitrogens is 2. The number of hydrazine groups is 1. The molecule has 7 heteroatoms. The molecule has 3 rings (SSSR count). The Bertz CT molecular complexity index is 784. The van der Waals surface area contributed by atoms with E-state index in [0.29, 0.717) is 10.2 Å². The van der Waals surface area contributed by atoms with Crippen molar-refractivity contribution in [1.82, 2.24) is 15.6 Å². The van der Waals surface area contributed by atoms with Crippen LogP contribution in [-0.4, -0.2) is 15.3 Å². The van der Waals surface area contributed by atoms with Crippen LogP contribution < -0.4 is 16.2 Å². The molecule has 5 nitrogen and oxygen atoms in total. The third kappa shape index (κ3) is 4.24. The van der Waals surface area contributed by atoms with Gasteiger partial charge >= 0.3 is 0 Å². The predicted octanol–water partition coefficient (Wildman–Crippen LogP) is 3.83. The topological polar surface area (TPSA) is 61.9 Å². The summed E-state index contributed by atoms with van der Waals surface area (Å²) in [5.41, 5.74) is 9.03. The molecule has 0 bridgehead atoms. The molecule has 0 aliphatic rings. The van der Waals surface area contributed by atoms with E-state index in [0.717, 1.165) is 16.3 Å². The molecule has 23 heavy (non-hydrogen) atoms. The molecule has 0 saturated carbocycles. The number of anilines is 2. The summed E-state index contributed by atoms with van der Waals surface area (Å²) in [4.78, 5) is 0. The smallest absolute Gasteiger partial charge is 0.224 e. The number of aryl methyl sites for hydroxylation is 1. The molecule has 0 amide bonds. The van der Waals surface area contributed by atoms with E-state index < -0.39 is 0 Å². The normalized spacial score (nSPS) is 10.1. The van der Waals surface area contributed by atoms with Gasteiger partial charge < -0.3 is 5.32 Å². The van der Waals surface area contributed by atoms with E-state index in [-0.39, 0.29) is 0 Å². The van der Waals surface area contributed by atoms with Crippen molar-refractivity contribution in [3.63, 3.8) is 0 Å². The van der Waals surface area contributed by atoms with Gasteiger partial charge in [-0.3, -0.25) is 10.9 Å². The highest BCUT2D eigenvalue weighted by Gasteiger charge is 2.06. The summed E-state index contributed by atoms with van der Waals surface area (Å²) in [6.07, 6.45) is 0. The van der Waals surface area contributed by atoms with E-state index in [2.05, 4.69) is 26.4 Å². The van der Waals surface area contributed by atoms with Crippen LogP contribution in [0.25, 0.3) is 10.6 Å². The maximum atomic E-state index is 5.24. The number of nitrogens with zero attached hydrogens (tertiary/aromatic N) is 2. The first-order chi connectivity index (χ1) is 11.2. The predicted molar refractivity (Wildman–Crippen MR) is 99.5 cm³/mol. The first-order valence-corrected chi connectivity index (χ1v) is 8.22. The second kappa shape index (κ2) is 7.17. The van der Waals surface area contributed by atoms with E-state index in [4.69, 9.17) is 12.2 Å². The minimum atomic E-state index is 0.463. The van der Waals surface area contributed by atoms with E-state index in [9.17, 15) is 0 Å². The largest absolute Gasteiger partial charge is 0.331 e. The molecular formula is C16H15N5S2. The summed E-state index contributed by atoms with van der Waals surface area (Å²) in [6, 6.07) is 17.9. The fraction of sp³-hybridized carbons (Fsp3) is 0.0625. The zero-order chi connectivity index (χ0) is 16.1. The van der Waals surface area contributed by atoms with E-state index in [1.165, 1.54) is 16.9 Å². The molecular weight excluding hydrogens is 326 g/mol. The monoisotopic (exact) mass is 341 g/mol. The molecule has 0 spiro atoms. The van der Waals surface area contributed by atoms with E-state index in [1.807, 2.05) is 61.5 Å². The van der Waals surface area contributed by atoms with Crippen molar-refractivity contribution >= 4 is 39.5 Å². The number of hydrogen-bond acceptors (Lipinski definition) is 5. The SMILES string of the molecule is Cc1ccc(NC(=S)NNc2nnc(-c3ccccc3)s2)cc1. The minimum absolute atomic E-state index is 0.463. The lowest BCUT2D eigenvalue weighted by Crippen LogP contribution is -2.33. The van der Waals surface area contributed by atoms with Gasteiger partial charge in [0.05, 0.1) is 0 Å². The van der Waals surface area contributed by atoms with Gasteiger partial charge in [-0.25, -0.2) is 0 Å². The van der Waals surface area contributed by atoms with Crippen LogP contribution in [0, 0.1) is 6.92 Å². The average Bonchev–Trinajstić information content (AvgIpc) is 3.05. The molecule has 2 aromatic carbocycles. The molecule has 0 radical (unpaired) electrons. The molecule has 3 N–H and O–H groups in total. The highest BCUT2D eigenvalue weighted by molar-refractivity contribution is 7.80. The molecule has 0 aliphatic carbocycles. The molecule has 0 fully saturated rings. The molecule has 3 aromatic rings. The quantitative estimate of drug-likeness (QED) is 0.495. The highest BCUT2D eigenvalue weighted by atomic mass is 32.1. The van der Waals surface area contributed by atoms with Crippen LogP contribution in [-0.2, 0) is 0 Å². The van der Waals surface area contributed by atoms with Crippen LogP contribution in [0.5, 0.6) is 0 Å². The van der Waals surface area contributed by atoms with E-state index >= 15 is 0 Å². The van der Waals surface area contributed by atoms with Gasteiger partial charge in [0.2, 0.25) is 5.13 Å². The highest BCUT2D eigenvalue weighted by Crippen LogP contribution is 2.25. The summed E-state index contributed by atoms with van der Waals surface area (Å²) in [7, 11) is 0. The number of thiocarbonyl (C=S) groups is 1. The van der Waals surface area contributed by atoms with E-state index in [1.54, 1.807) is 0 Å². The van der Waals surface area contributed by atoms with Gasteiger partial charge in [-0.1, -0.05) is 59.4 Å². The molecule has 1 aromatic heterocycles. The Kier molecular flexibility index (Phi) is 4.80. The molecule has 0 unspecified atom stereocenters. The van der Waals surface area contributed by atoms with Crippen LogP contribution in [0.3, 0.4) is 0 Å². The third-order valence-electron chi connectivity index (χ3n) is 3.04. The van der Waals surface area contributed by atoms with Crippen molar-refractivity contribution < 1.29 is 0 Å². The van der Waals surface area contributed by atoms with Gasteiger partial charge in [0.15, 0.2) is 5.11 Å². The summed E-state index contributed by atoms with van der Waals surface area (Å²) < 4.78 is 0. The lowest BCUT2D eigenvalue weighted by Gasteiger charge is -2.10. The Morgan fingerprint density at radius 3 is 2.48 bits per heavy atom. The Hall–Kier alpha value is -2.51. The zero-order valence-electron chi connectivity index (χ0n) is 12.4. The molecule has 116 valence electrons. The zero-order valence-corrected chi connectivity index (χ0v) is 14.0. The van der Waals surface area contributed by atoms with Gasteiger partial charge in [0.25, 0.3) is 0 Å². The van der Waals surface area contributed by atoms with Crippen molar-refractivity contribution in [3.8, 4) is 10.6 Å². The average molecular weight is 341 g/mol. The van der Waals surface area contributed by atoms with Crippen molar-refractivity contribution in [2.75, 3.05) is 10.7 Å². The molecule has 1 heterocycles. The van der Waals surface area contributed by atoms with Crippen molar-refractivity contribution in [2.45, 2.75) is 6.92 Å². The lowest BCUT2D eigenvalue weighted by molar-refractivity contribution is 1.04. The van der Waals surface area contributed by atoms with Crippen LogP contribution in [0.1, 0.15) is 5.56 Å². The van der Waals surface area contributed by atoms with Crippen LogP contribution in [0.2, 0.25) is 0 Å². The third-order valence-corrected chi connectivity index (χ3v) is 4.13. The summed E-state index contributed by atoms with van der Waals surface area (Å²) in [5.74, 6) is 0. The van der Waals surface area contributed by atoms with Crippen LogP contribution in [0.15, 0.2) is 54.6 Å². The maximum absolute atomic E-state index is 5.24. The molecule has 0 atom stereocenters. The standard InChI is InChI=1S/C16H15N5S2/c1-11-7-9-13(10-8-11)17-15(22)19-21-16-20-18-14(23-16)12-5-3-2-4-6-12/h2-10H,1H3,(H,20,21)(H2,17,19,22). The van der Waals surface area contributed by atoms with Gasteiger partial charge in [0, 0.05) is 11.3 Å². The second-order valence-corrected chi connectivity index (χ2v) is 6.23. The van der Waals surface area contributed by atoms with Gasteiger partial charge in [-0.2, -0.15) is 0 Å². The molecule has 0 aliphatic heterocycles. The minimum Gasteiger partial charge on any atom is -0.331 e. The number of nitrogens with one attached hydrogen (secondary N) is 3. The lowest BCUT2D eigenvalue weighted by atomic mass is 10.2. The van der Waals surface area contributed by atoms with Crippen molar-refractivity contribution in [2.24, 2.45) is 0 Å². The summed E-state index contributed by atoms with van der Waals surface area (Å²) in [6.45, 7) is 2.04. The van der Waals surface area contributed by atoms with Crippen LogP contribution in [0.4, 0.5) is 10.8 Å². The Morgan fingerprint density at radius 1 is 1.00 bits per heavy atom. The Morgan fingerprint density at radius 2 is 1.74 bits per heavy atom. The maximum Gasteiger partial charge on any atom is 0.224 e. The van der Waals surface area contributed by atoms with Gasteiger partial charge in [-0.15, -0.1) is 10.2 Å². The van der Waals surface area contributed by atoms with Crippen LogP contribution >= 0.6 is 23.6 Å². The van der Waals surface area contributed by atoms with Crippen molar-refractivity contribution in [1.29, 1.82) is 0 Å². The van der Waals surface area contributed by atoms with Gasteiger partial charge in [0.1, 0.15) is 5.01 Å². The Balaban J connectivity index is 1.55. The van der Waals surface area contributed by atoms with Crippen molar-refractivity contribution in [3.05, 3.63) is 60.2 Å². The first kappa shape index (κ1) is 15.4. The second-order valence-electron chi connectivity index (χ2n) is 4.85. The summed E-state index contributed by atoms with van der Waals surface area (Å²) >= 11 is 6.69. The summed E-state index contributed by atoms with van der Waals surface area (Å²) in [5, 5.41) is 13.3.